The number of aromatic amines is 1. The van der Waals surface area contributed by atoms with Crippen LogP contribution in [0, 0.1) is 4.77 Å². The highest BCUT2D eigenvalue weighted by Gasteiger charge is 2.18. The van der Waals surface area contributed by atoms with E-state index in [1.54, 1.807) is 66.0 Å². The van der Waals surface area contributed by atoms with Crippen LogP contribution in [-0.2, 0) is 0 Å². The van der Waals surface area contributed by atoms with Crippen LogP contribution in [0.1, 0.15) is 5.56 Å². The number of aromatic nitrogens is 3. The number of H-pyrrole nitrogens is 1. The second-order valence-electron chi connectivity index (χ2n) is 6.28. The summed E-state index contributed by atoms with van der Waals surface area (Å²) in [6.07, 6.45) is 1.61. The van der Waals surface area contributed by atoms with E-state index in [1.807, 2.05) is 0 Å². The summed E-state index contributed by atoms with van der Waals surface area (Å²) in [6, 6.07) is 7.07. The Kier molecular flexibility index (Phi) is 7.21. The van der Waals surface area contributed by atoms with E-state index in [9.17, 15) is 0 Å². The molecule has 0 spiro atoms. The molecular formula is C21H24N4O6S. The first-order chi connectivity index (χ1) is 15.5. The number of nitrogens with one attached hydrogen (secondary N) is 1. The van der Waals surface area contributed by atoms with Gasteiger partial charge in [0.25, 0.3) is 0 Å². The Labute approximate surface area is 190 Å². The smallest absolute Gasteiger partial charge is 0.216 e. The molecule has 0 saturated heterocycles. The standard InChI is InChI=1S/C21H24N4O6S/c1-26-14-7-12(8-15(27-2)18(14)30-5)11-22-25-20(23-24-21(25)32)13-9-16(28-3)19(31-6)17(10-13)29-4/h7-11H,1-6H3,(H,24,32). The van der Waals surface area contributed by atoms with Gasteiger partial charge >= 0.3 is 0 Å². The molecule has 3 rings (SSSR count). The summed E-state index contributed by atoms with van der Waals surface area (Å²) in [5, 5.41) is 11.6. The molecular weight excluding hydrogens is 436 g/mol. The highest BCUT2D eigenvalue weighted by molar-refractivity contribution is 7.71. The lowest BCUT2D eigenvalue weighted by Crippen LogP contribution is -2.00. The second-order valence-corrected chi connectivity index (χ2v) is 6.67. The van der Waals surface area contributed by atoms with Gasteiger partial charge in [0.2, 0.25) is 16.3 Å². The molecule has 0 fully saturated rings. The minimum Gasteiger partial charge on any atom is -0.493 e. The van der Waals surface area contributed by atoms with E-state index >= 15 is 0 Å². The molecule has 1 heterocycles. The number of rotatable bonds is 9. The first-order valence-electron chi connectivity index (χ1n) is 9.33. The van der Waals surface area contributed by atoms with Crippen molar-refractivity contribution in [3.05, 3.63) is 34.6 Å². The molecule has 0 aliphatic carbocycles. The minimum atomic E-state index is 0.303. The van der Waals surface area contributed by atoms with Gasteiger partial charge in [0, 0.05) is 11.1 Å². The van der Waals surface area contributed by atoms with Gasteiger partial charge in [-0.05, 0) is 36.5 Å². The van der Waals surface area contributed by atoms with Gasteiger partial charge in [-0.15, -0.1) is 0 Å². The summed E-state index contributed by atoms with van der Waals surface area (Å²) in [5.41, 5.74) is 1.37. The predicted octanol–water partition coefficient (Wildman–Crippen LogP) is 3.54. The molecule has 0 aliphatic heterocycles. The zero-order chi connectivity index (χ0) is 23.3. The molecule has 170 valence electrons. The van der Waals surface area contributed by atoms with Crippen LogP contribution in [0.4, 0.5) is 0 Å². The van der Waals surface area contributed by atoms with E-state index < -0.39 is 0 Å². The predicted molar refractivity (Wildman–Crippen MR) is 122 cm³/mol. The number of benzene rings is 2. The lowest BCUT2D eigenvalue weighted by Gasteiger charge is -2.14. The number of ether oxygens (including phenoxy) is 6. The molecule has 0 bridgehead atoms. The molecule has 0 amide bonds. The lowest BCUT2D eigenvalue weighted by molar-refractivity contribution is 0.324. The molecule has 0 unspecified atom stereocenters. The fourth-order valence-electron chi connectivity index (χ4n) is 3.10. The van der Waals surface area contributed by atoms with Gasteiger partial charge < -0.3 is 28.4 Å². The van der Waals surface area contributed by atoms with Crippen molar-refractivity contribution in [2.75, 3.05) is 42.7 Å². The van der Waals surface area contributed by atoms with Crippen LogP contribution < -0.4 is 28.4 Å². The van der Waals surface area contributed by atoms with Crippen LogP contribution in [-0.4, -0.2) is 63.7 Å². The summed E-state index contributed by atoms with van der Waals surface area (Å²) < 4.78 is 34.2. The monoisotopic (exact) mass is 460 g/mol. The van der Waals surface area contributed by atoms with Crippen LogP contribution in [0.2, 0.25) is 0 Å². The molecule has 11 heteroatoms. The van der Waals surface area contributed by atoms with Crippen molar-refractivity contribution in [3.8, 4) is 45.9 Å². The van der Waals surface area contributed by atoms with Crippen molar-refractivity contribution >= 4 is 18.4 Å². The molecule has 1 N–H and O–H groups in total. The average molecular weight is 461 g/mol. The van der Waals surface area contributed by atoms with E-state index in [4.69, 9.17) is 40.6 Å². The summed E-state index contributed by atoms with van der Waals surface area (Å²) in [4.78, 5) is 0. The summed E-state index contributed by atoms with van der Waals surface area (Å²) in [7, 11) is 9.27. The van der Waals surface area contributed by atoms with Crippen LogP contribution >= 0.6 is 12.2 Å². The fraction of sp³-hybridized carbons (Fsp3) is 0.286. The third kappa shape index (κ3) is 4.33. The summed E-state index contributed by atoms with van der Waals surface area (Å²) in [5.74, 6) is 3.40. The van der Waals surface area contributed by atoms with E-state index in [1.165, 1.54) is 11.8 Å². The molecule has 2 aromatic carbocycles. The Morgan fingerprint density at radius 1 is 0.781 bits per heavy atom. The number of methoxy groups -OCH3 is 6. The van der Waals surface area contributed by atoms with Crippen molar-refractivity contribution in [1.29, 1.82) is 0 Å². The van der Waals surface area contributed by atoms with Crippen LogP contribution in [0.3, 0.4) is 0 Å². The zero-order valence-electron chi connectivity index (χ0n) is 18.6. The minimum absolute atomic E-state index is 0.303. The quantitative estimate of drug-likeness (QED) is 0.382. The molecule has 0 radical (unpaired) electrons. The van der Waals surface area contributed by atoms with Crippen molar-refractivity contribution < 1.29 is 28.4 Å². The summed E-state index contributed by atoms with van der Waals surface area (Å²) >= 11 is 5.37. The number of nitrogens with zero attached hydrogens (tertiary/aromatic N) is 3. The van der Waals surface area contributed by atoms with Gasteiger partial charge in [0.15, 0.2) is 28.8 Å². The Hall–Kier alpha value is -3.73. The zero-order valence-corrected chi connectivity index (χ0v) is 19.4. The van der Waals surface area contributed by atoms with Gasteiger partial charge in [-0.1, -0.05) is 0 Å². The molecule has 3 aromatic rings. The van der Waals surface area contributed by atoms with E-state index in [2.05, 4.69) is 15.3 Å². The highest BCUT2D eigenvalue weighted by Crippen LogP contribution is 2.41. The molecule has 0 saturated carbocycles. The van der Waals surface area contributed by atoms with E-state index in [0.29, 0.717) is 56.2 Å². The molecule has 0 atom stereocenters. The Morgan fingerprint density at radius 3 is 1.69 bits per heavy atom. The van der Waals surface area contributed by atoms with Crippen LogP contribution in [0.25, 0.3) is 11.4 Å². The maximum atomic E-state index is 5.43. The van der Waals surface area contributed by atoms with Crippen LogP contribution in [0.15, 0.2) is 29.4 Å². The molecule has 0 aliphatic rings. The maximum Gasteiger partial charge on any atom is 0.216 e. The van der Waals surface area contributed by atoms with Crippen molar-refractivity contribution in [2.24, 2.45) is 5.10 Å². The maximum absolute atomic E-state index is 5.43. The third-order valence-electron chi connectivity index (χ3n) is 4.58. The van der Waals surface area contributed by atoms with Crippen molar-refractivity contribution in [3.63, 3.8) is 0 Å². The Balaban J connectivity index is 2.08. The molecule has 1 aromatic heterocycles. The summed E-state index contributed by atoms with van der Waals surface area (Å²) in [6.45, 7) is 0. The van der Waals surface area contributed by atoms with Crippen molar-refractivity contribution in [2.45, 2.75) is 0 Å². The number of hydrogen-bond acceptors (Lipinski definition) is 9. The Morgan fingerprint density at radius 2 is 1.25 bits per heavy atom. The molecule has 10 nitrogen and oxygen atoms in total. The first-order valence-corrected chi connectivity index (χ1v) is 9.74. The fourth-order valence-corrected chi connectivity index (χ4v) is 3.28. The topological polar surface area (TPSA) is 101 Å². The van der Waals surface area contributed by atoms with Gasteiger partial charge in [-0.25, -0.2) is 5.10 Å². The Bertz CT molecular complexity index is 1140. The highest BCUT2D eigenvalue weighted by atomic mass is 32.1. The van der Waals surface area contributed by atoms with Crippen molar-refractivity contribution in [1.82, 2.24) is 14.9 Å². The van der Waals surface area contributed by atoms with E-state index in [-0.39, 0.29) is 0 Å². The normalized spacial score (nSPS) is 10.8. The van der Waals surface area contributed by atoms with Gasteiger partial charge in [0.05, 0.1) is 48.9 Å². The lowest BCUT2D eigenvalue weighted by atomic mass is 10.1. The average Bonchev–Trinajstić information content (AvgIpc) is 3.20. The largest absolute Gasteiger partial charge is 0.493 e. The van der Waals surface area contributed by atoms with E-state index in [0.717, 1.165) is 0 Å². The third-order valence-corrected chi connectivity index (χ3v) is 4.85. The van der Waals surface area contributed by atoms with Gasteiger partial charge in [-0.3, -0.25) is 0 Å². The first kappa shape index (κ1) is 22.9. The SMILES string of the molecule is COc1cc(C=Nn2c(-c3cc(OC)c(OC)c(OC)c3)n[nH]c2=S)cc(OC)c1OC. The van der Waals surface area contributed by atoms with Gasteiger partial charge in [0.1, 0.15) is 0 Å². The molecule has 32 heavy (non-hydrogen) atoms. The van der Waals surface area contributed by atoms with Crippen LogP contribution in [0.5, 0.6) is 34.5 Å². The second kappa shape index (κ2) is 10.1. The van der Waals surface area contributed by atoms with Gasteiger partial charge in [-0.2, -0.15) is 14.9 Å². The number of hydrogen-bond donors (Lipinski definition) is 1.